The van der Waals surface area contributed by atoms with Crippen molar-refractivity contribution in [3.63, 3.8) is 0 Å². The maximum atomic E-state index is 13.6. The van der Waals surface area contributed by atoms with Crippen LogP contribution in [0, 0.1) is 23.5 Å². The van der Waals surface area contributed by atoms with Crippen LogP contribution in [0.25, 0.3) is 0 Å². The van der Waals surface area contributed by atoms with Gasteiger partial charge in [0.25, 0.3) is 0 Å². The Balaban J connectivity index is 1.59. The summed E-state index contributed by atoms with van der Waals surface area (Å²) in [7, 11) is 0. The minimum Gasteiger partial charge on any atom is -0.481 e. The van der Waals surface area contributed by atoms with E-state index in [1.54, 1.807) is 11.8 Å². The van der Waals surface area contributed by atoms with Crippen molar-refractivity contribution in [3.05, 3.63) is 48.2 Å². The summed E-state index contributed by atoms with van der Waals surface area (Å²) in [5, 5.41) is 11.8. The quantitative estimate of drug-likeness (QED) is 0.829. The molecule has 0 saturated carbocycles. The second-order valence-corrected chi connectivity index (χ2v) is 6.63. The number of aliphatic carboxylic acids is 1. The molecule has 148 valence electrons. The second-order valence-electron chi connectivity index (χ2n) is 6.63. The summed E-state index contributed by atoms with van der Waals surface area (Å²) in [5.41, 5.74) is 0.394. The summed E-state index contributed by atoms with van der Waals surface area (Å²) in [6.07, 6.45) is 1.73. The van der Waals surface area contributed by atoms with Crippen molar-refractivity contribution < 1.29 is 28.2 Å². The Labute approximate surface area is 159 Å². The molecule has 7 nitrogen and oxygen atoms in total. The van der Waals surface area contributed by atoms with Crippen molar-refractivity contribution in [2.24, 2.45) is 11.8 Å². The largest absolute Gasteiger partial charge is 0.481 e. The van der Waals surface area contributed by atoms with Crippen LogP contribution in [-0.2, 0) is 4.79 Å². The molecule has 0 radical (unpaired) electrons. The molecule has 2 aromatic rings. The molecule has 1 aliphatic heterocycles. The van der Waals surface area contributed by atoms with E-state index in [2.05, 4.69) is 10.3 Å². The Morgan fingerprint density at radius 3 is 2.71 bits per heavy atom. The smallest absolute Gasteiger partial charge is 0.321 e. The highest BCUT2D eigenvalue weighted by Gasteiger charge is 2.33. The number of ether oxygens (including phenoxy) is 1. The van der Waals surface area contributed by atoms with Crippen LogP contribution in [0.1, 0.15) is 13.3 Å². The molecule has 9 heteroatoms. The van der Waals surface area contributed by atoms with Gasteiger partial charge in [0.2, 0.25) is 11.7 Å². The second kappa shape index (κ2) is 8.20. The van der Waals surface area contributed by atoms with Crippen molar-refractivity contribution in [1.29, 1.82) is 0 Å². The van der Waals surface area contributed by atoms with Crippen molar-refractivity contribution >= 4 is 17.7 Å². The van der Waals surface area contributed by atoms with Crippen molar-refractivity contribution in [3.8, 4) is 11.6 Å². The summed E-state index contributed by atoms with van der Waals surface area (Å²) in [4.78, 5) is 29.0. The molecular weight excluding hydrogens is 372 g/mol. The number of aromatic nitrogens is 1. The number of anilines is 1. The normalized spacial score (nSPS) is 19.2. The van der Waals surface area contributed by atoms with Crippen LogP contribution in [0.4, 0.5) is 19.3 Å². The number of piperidine rings is 1. The molecule has 2 atom stereocenters. The van der Waals surface area contributed by atoms with Crippen LogP contribution in [0.2, 0.25) is 0 Å². The maximum Gasteiger partial charge on any atom is 0.321 e. The van der Waals surface area contributed by atoms with Gasteiger partial charge in [-0.05, 0) is 30.5 Å². The number of urea groups is 1. The number of carbonyl (C=O) groups is 2. The molecule has 1 fully saturated rings. The number of carboxylic acid groups (broad SMARTS) is 1. The predicted octanol–water partition coefficient (Wildman–Crippen LogP) is 3.73. The average molecular weight is 391 g/mol. The van der Waals surface area contributed by atoms with Gasteiger partial charge in [-0.25, -0.2) is 14.2 Å². The third-order valence-electron chi connectivity index (χ3n) is 4.63. The Morgan fingerprint density at radius 1 is 1.29 bits per heavy atom. The van der Waals surface area contributed by atoms with Gasteiger partial charge in [-0.15, -0.1) is 0 Å². The lowest BCUT2D eigenvalue weighted by Crippen LogP contribution is -2.46. The molecule has 2 N–H and O–H groups in total. The lowest BCUT2D eigenvalue weighted by atomic mass is 9.87. The molecule has 2 amide bonds. The molecule has 2 heterocycles. The molecule has 0 spiro atoms. The van der Waals surface area contributed by atoms with E-state index in [0.29, 0.717) is 25.2 Å². The fraction of sp³-hybridized carbons (Fsp3) is 0.316. The molecular formula is C19H19F2N3O4. The van der Waals surface area contributed by atoms with Gasteiger partial charge >= 0.3 is 12.0 Å². The molecule has 1 aromatic carbocycles. The average Bonchev–Trinajstić information content (AvgIpc) is 2.66. The van der Waals surface area contributed by atoms with E-state index < -0.39 is 23.5 Å². The van der Waals surface area contributed by atoms with Crippen molar-refractivity contribution in [1.82, 2.24) is 9.88 Å². The zero-order valence-corrected chi connectivity index (χ0v) is 15.1. The SMILES string of the molecule is CC1CN(C(=O)Nc2ccc(Oc3cccc(F)c3F)nc2)CCC1C(=O)O. The zero-order chi connectivity index (χ0) is 20.3. The highest BCUT2D eigenvalue weighted by molar-refractivity contribution is 5.89. The first-order valence-corrected chi connectivity index (χ1v) is 8.72. The number of pyridine rings is 1. The Morgan fingerprint density at radius 2 is 2.07 bits per heavy atom. The summed E-state index contributed by atoms with van der Waals surface area (Å²) in [6.45, 7) is 2.49. The molecule has 2 unspecified atom stereocenters. The number of amides is 2. The van der Waals surface area contributed by atoms with Crippen LogP contribution in [-0.4, -0.2) is 40.1 Å². The van der Waals surface area contributed by atoms with E-state index >= 15 is 0 Å². The van der Waals surface area contributed by atoms with E-state index in [4.69, 9.17) is 9.84 Å². The maximum absolute atomic E-state index is 13.6. The topological polar surface area (TPSA) is 91.8 Å². The number of benzene rings is 1. The number of halogens is 2. The van der Waals surface area contributed by atoms with Gasteiger partial charge < -0.3 is 20.1 Å². The lowest BCUT2D eigenvalue weighted by molar-refractivity contribution is -0.145. The Hall–Kier alpha value is -3.23. The Bertz CT molecular complexity index is 876. The zero-order valence-electron chi connectivity index (χ0n) is 15.1. The number of carbonyl (C=O) groups excluding carboxylic acids is 1. The monoisotopic (exact) mass is 391 g/mol. The molecule has 0 aliphatic carbocycles. The van der Waals surface area contributed by atoms with E-state index in [-0.39, 0.29) is 23.6 Å². The van der Waals surface area contributed by atoms with Crippen LogP contribution in [0.15, 0.2) is 36.5 Å². The third-order valence-corrected chi connectivity index (χ3v) is 4.63. The summed E-state index contributed by atoms with van der Waals surface area (Å²) in [5.74, 6) is -3.83. The van der Waals surface area contributed by atoms with Crippen molar-refractivity contribution in [2.75, 3.05) is 18.4 Å². The van der Waals surface area contributed by atoms with E-state index in [1.165, 1.54) is 30.5 Å². The predicted molar refractivity (Wildman–Crippen MR) is 96.2 cm³/mol. The van der Waals surface area contributed by atoms with Crippen LogP contribution < -0.4 is 10.1 Å². The highest BCUT2D eigenvalue weighted by atomic mass is 19.2. The molecule has 1 aliphatic rings. The molecule has 3 rings (SSSR count). The minimum absolute atomic E-state index is 0.0402. The molecule has 1 saturated heterocycles. The number of carboxylic acids is 1. The lowest BCUT2D eigenvalue weighted by Gasteiger charge is -2.34. The van der Waals surface area contributed by atoms with Gasteiger partial charge in [0.15, 0.2) is 11.6 Å². The summed E-state index contributed by atoms with van der Waals surface area (Å²) < 4.78 is 32.0. The minimum atomic E-state index is -1.11. The fourth-order valence-corrected chi connectivity index (χ4v) is 3.09. The third kappa shape index (κ3) is 4.36. The van der Waals surface area contributed by atoms with E-state index in [1.807, 2.05) is 0 Å². The number of hydrogen-bond donors (Lipinski definition) is 2. The van der Waals surface area contributed by atoms with Gasteiger partial charge in [-0.2, -0.15) is 4.39 Å². The first-order valence-electron chi connectivity index (χ1n) is 8.72. The van der Waals surface area contributed by atoms with Crippen LogP contribution >= 0.6 is 0 Å². The number of likely N-dealkylation sites (tertiary alicyclic amines) is 1. The fourth-order valence-electron chi connectivity index (χ4n) is 3.09. The van der Waals surface area contributed by atoms with Gasteiger partial charge in [0.1, 0.15) is 0 Å². The standard InChI is InChI=1S/C19H19F2N3O4/c1-11-10-24(8-7-13(11)18(25)26)19(27)23-12-5-6-16(22-9-12)28-15-4-2-3-14(20)17(15)21/h2-6,9,11,13H,7-8,10H2,1H3,(H,23,27)(H,25,26). The Kier molecular flexibility index (Phi) is 5.72. The number of nitrogens with zero attached hydrogens (tertiary/aromatic N) is 2. The van der Waals surface area contributed by atoms with E-state index in [9.17, 15) is 18.4 Å². The van der Waals surface area contributed by atoms with E-state index in [0.717, 1.165) is 6.07 Å². The van der Waals surface area contributed by atoms with Gasteiger partial charge in [0.05, 0.1) is 17.8 Å². The summed E-state index contributed by atoms with van der Waals surface area (Å²) >= 11 is 0. The number of hydrogen-bond acceptors (Lipinski definition) is 4. The van der Waals surface area contributed by atoms with Crippen LogP contribution in [0.5, 0.6) is 11.6 Å². The van der Waals surface area contributed by atoms with Gasteiger partial charge in [-0.1, -0.05) is 13.0 Å². The van der Waals surface area contributed by atoms with Gasteiger partial charge in [0, 0.05) is 19.2 Å². The highest BCUT2D eigenvalue weighted by Crippen LogP contribution is 2.26. The number of rotatable bonds is 4. The van der Waals surface area contributed by atoms with Crippen molar-refractivity contribution in [2.45, 2.75) is 13.3 Å². The first-order chi connectivity index (χ1) is 13.3. The first kappa shape index (κ1) is 19.5. The van der Waals surface area contributed by atoms with Gasteiger partial charge in [-0.3, -0.25) is 4.79 Å². The van der Waals surface area contributed by atoms with Crippen LogP contribution in [0.3, 0.4) is 0 Å². The molecule has 1 aromatic heterocycles. The summed E-state index contributed by atoms with van der Waals surface area (Å²) in [6, 6.07) is 6.15. The molecule has 0 bridgehead atoms. The molecule has 28 heavy (non-hydrogen) atoms. The number of nitrogens with one attached hydrogen (secondary N) is 1.